The third kappa shape index (κ3) is 7.67. The Morgan fingerprint density at radius 1 is 1.15 bits per heavy atom. The zero-order valence-electron chi connectivity index (χ0n) is 15.6. The zero-order valence-corrected chi connectivity index (χ0v) is 15.6. The maximum Gasteiger partial charge on any atom is 0.224 e. The van der Waals surface area contributed by atoms with Gasteiger partial charge in [-0.3, -0.25) is 9.79 Å². The van der Waals surface area contributed by atoms with Gasteiger partial charge in [0.2, 0.25) is 5.91 Å². The largest absolute Gasteiger partial charge is 0.492 e. The second-order valence-electron chi connectivity index (χ2n) is 5.43. The Hall–Kier alpha value is -2.38. The lowest BCUT2D eigenvalue weighted by Crippen LogP contribution is -2.39. The summed E-state index contributed by atoms with van der Waals surface area (Å²) >= 11 is 0. The maximum absolute atomic E-state index is 13.1. The molecule has 146 valence electrons. The van der Waals surface area contributed by atoms with Crippen LogP contribution in [0.25, 0.3) is 0 Å². The molecular formula is C18H28F2N4O2. The number of aliphatic imine (C=N–C) groups is 1. The van der Waals surface area contributed by atoms with Gasteiger partial charge in [-0.25, -0.2) is 8.78 Å². The standard InChI is InChI=1S/C18H28F2N4O2/c1-4-21-18(22-10-9-17(25)24(5-2)6-3)23-11-12-26-14-7-8-15(19)16(20)13-14/h7-8,13H,4-6,9-12H2,1-3H3,(H2,21,22,23). The predicted octanol–water partition coefficient (Wildman–Crippen LogP) is 2.16. The molecule has 0 saturated heterocycles. The highest BCUT2D eigenvalue weighted by atomic mass is 19.2. The van der Waals surface area contributed by atoms with Gasteiger partial charge in [0.15, 0.2) is 17.6 Å². The molecule has 0 saturated carbocycles. The summed E-state index contributed by atoms with van der Waals surface area (Å²) in [5, 5.41) is 6.15. The summed E-state index contributed by atoms with van der Waals surface area (Å²) in [5.41, 5.74) is 0. The fourth-order valence-electron chi connectivity index (χ4n) is 2.24. The van der Waals surface area contributed by atoms with Crippen LogP contribution in [0, 0.1) is 11.6 Å². The Bertz CT molecular complexity index is 593. The molecule has 0 heterocycles. The third-order valence-electron chi connectivity index (χ3n) is 3.61. The lowest BCUT2D eigenvalue weighted by atomic mass is 10.3. The monoisotopic (exact) mass is 370 g/mol. The number of nitrogens with one attached hydrogen (secondary N) is 2. The summed E-state index contributed by atoms with van der Waals surface area (Å²) in [6.07, 6.45) is 0.351. The first-order valence-corrected chi connectivity index (χ1v) is 8.89. The van der Waals surface area contributed by atoms with Gasteiger partial charge in [0.05, 0.1) is 13.1 Å². The van der Waals surface area contributed by atoms with Gasteiger partial charge in [-0.05, 0) is 32.9 Å². The highest BCUT2D eigenvalue weighted by Crippen LogP contribution is 2.14. The van der Waals surface area contributed by atoms with Gasteiger partial charge in [0.1, 0.15) is 12.4 Å². The summed E-state index contributed by atoms with van der Waals surface area (Å²) in [7, 11) is 0. The van der Waals surface area contributed by atoms with E-state index < -0.39 is 11.6 Å². The van der Waals surface area contributed by atoms with Crippen molar-refractivity contribution in [3.8, 4) is 5.75 Å². The van der Waals surface area contributed by atoms with E-state index in [4.69, 9.17) is 4.74 Å². The van der Waals surface area contributed by atoms with Crippen molar-refractivity contribution in [3.05, 3.63) is 29.8 Å². The van der Waals surface area contributed by atoms with E-state index in [2.05, 4.69) is 15.6 Å². The van der Waals surface area contributed by atoms with E-state index in [9.17, 15) is 13.6 Å². The molecule has 0 aliphatic heterocycles. The molecule has 0 spiro atoms. The number of hydrogen-bond acceptors (Lipinski definition) is 3. The van der Waals surface area contributed by atoms with Crippen molar-refractivity contribution < 1.29 is 18.3 Å². The number of rotatable bonds is 10. The van der Waals surface area contributed by atoms with E-state index in [1.807, 2.05) is 20.8 Å². The second kappa shape index (κ2) is 12.1. The number of nitrogens with zero attached hydrogens (tertiary/aromatic N) is 2. The summed E-state index contributed by atoms with van der Waals surface area (Å²) in [5.74, 6) is -0.929. The van der Waals surface area contributed by atoms with Crippen molar-refractivity contribution in [1.29, 1.82) is 0 Å². The molecule has 0 radical (unpaired) electrons. The van der Waals surface area contributed by atoms with Gasteiger partial charge in [0.25, 0.3) is 0 Å². The number of carbonyl (C=O) groups is 1. The zero-order chi connectivity index (χ0) is 19.4. The van der Waals surface area contributed by atoms with E-state index in [1.54, 1.807) is 4.90 Å². The van der Waals surface area contributed by atoms with Crippen LogP contribution in [0.1, 0.15) is 27.2 Å². The van der Waals surface area contributed by atoms with E-state index in [0.717, 1.165) is 12.1 Å². The van der Waals surface area contributed by atoms with Crippen LogP contribution in [0.3, 0.4) is 0 Å². The van der Waals surface area contributed by atoms with Crippen molar-refractivity contribution >= 4 is 11.9 Å². The SMILES string of the molecule is CCNC(=NCCC(=O)N(CC)CC)NCCOc1ccc(F)c(F)c1. The van der Waals surface area contributed by atoms with E-state index in [-0.39, 0.29) is 18.3 Å². The van der Waals surface area contributed by atoms with Crippen LogP contribution in [0.2, 0.25) is 0 Å². The van der Waals surface area contributed by atoms with Gasteiger partial charge in [-0.1, -0.05) is 0 Å². The lowest BCUT2D eigenvalue weighted by Gasteiger charge is -2.18. The van der Waals surface area contributed by atoms with Crippen LogP contribution in [-0.2, 0) is 4.79 Å². The average Bonchev–Trinajstić information content (AvgIpc) is 2.62. The first kappa shape index (κ1) is 21.7. The Labute approximate surface area is 153 Å². The molecule has 26 heavy (non-hydrogen) atoms. The molecule has 6 nitrogen and oxygen atoms in total. The van der Waals surface area contributed by atoms with Crippen molar-refractivity contribution in [2.45, 2.75) is 27.2 Å². The number of benzene rings is 1. The van der Waals surface area contributed by atoms with Crippen molar-refractivity contribution in [3.63, 3.8) is 0 Å². The summed E-state index contributed by atoms with van der Waals surface area (Å²) in [6.45, 7) is 8.97. The van der Waals surface area contributed by atoms with Crippen molar-refractivity contribution in [2.75, 3.05) is 39.3 Å². The van der Waals surface area contributed by atoms with Crippen molar-refractivity contribution in [1.82, 2.24) is 15.5 Å². The molecule has 1 aromatic rings. The summed E-state index contributed by atoms with van der Waals surface area (Å²) in [6, 6.07) is 3.40. The maximum atomic E-state index is 13.1. The average molecular weight is 370 g/mol. The molecule has 0 atom stereocenters. The Balaban J connectivity index is 2.39. The van der Waals surface area contributed by atoms with Crippen LogP contribution in [0.15, 0.2) is 23.2 Å². The second-order valence-corrected chi connectivity index (χ2v) is 5.43. The number of ether oxygens (including phenoxy) is 1. The highest BCUT2D eigenvalue weighted by molar-refractivity contribution is 5.80. The minimum Gasteiger partial charge on any atom is -0.492 e. The minimum absolute atomic E-state index is 0.0799. The Kier molecular flexibility index (Phi) is 10.0. The van der Waals surface area contributed by atoms with Crippen LogP contribution in [0.5, 0.6) is 5.75 Å². The molecule has 1 rings (SSSR count). The molecule has 1 aromatic carbocycles. The number of carbonyl (C=O) groups excluding carboxylic acids is 1. The predicted molar refractivity (Wildman–Crippen MR) is 98.4 cm³/mol. The molecule has 0 aliphatic carbocycles. The molecule has 8 heteroatoms. The Morgan fingerprint density at radius 3 is 2.50 bits per heavy atom. The van der Waals surface area contributed by atoms with Gasteiger partial charge >= 0.3 is 0 Å². The van der Waals surface area contributed by atoms with Crippen LogP contribution >= 0.6 is 0 Å². The molecule has 0 fully saturated rings. The van der Waals surface area contributed by atoms with E-state index in [1.165, 1.54) is 6.07 Å². The molecular weight excluding hydrogens is 342 g/mol. The fraction of sp³-hybridized carbons (Fsp3) is 0.556. The minimum atomic E-state index is -0.941. The molecule has 2 N–H and O–H groups in total. The number of halogens is 2. The molecule has 1 amide bonds. The van der Waals surface area contributed by atoms with Crippen LogP contribution < -0.4 is 15.4 Å². The lowest BCUT2D eigenvalue weighted by molar-refractivity contribution is -0.130. The smallest absolute Gasteiger partial charge is 0.224 e. The first-order chi connectivity index (χ1) is 12.5. The van der Waals surface area contributed by atoms with Crippen LogP contribution in [-0.4, -0.2) is 56.1 Å². The quantitative estimate of drug-likeness (QED) is 0.376. The molecule has 0 unspecified atom stereocenters. The van der Waals surface area contributed by atoms with E-state index in [0.29, 0.717) is 45.1 Å². The van der Waals surface area contributed by atoms with Gasteiger partial charge in [-0.15, -0.1) is 0 Å². The van der Waals surface area contributed by atoms with Gasteiger partial charge in [0, 0.05) is 32.1 Å². The number of hydrogen-bond donors (Lipinski definition) is 2. The molecule has 0 aromatic heterocycles. The summed E-state index contributed by atoms with van der Waals surface area (Å²) in [4.78, 5) is 18.1. The normalized spacial score (nSPS) is 11.2. The molecule has 0 bridgehead atoms. The van der Waals surface area contributed by atoms with Crippen molar-refractivity contribution in [2.24, 2.45) is 4.99 Å². The third-order valence-corrected chi connectivity index (χ3v) is 3.61. The first-order valence-electron chi connectivity index (χ1n) is 8.89. The van der Waals surface area contributed by atoms with Gasteiger partial charge in [-0.2, -0.15) is 0 Å². The molecule has 0 aliphatic rings. The summed E-state index contributed by atoms with van der Waals surface area (Å²) < 4.78 is 31.3. The van der Waals surface area contributed by atoms with Crippen LogP contribution in [0.4, 0.5) is 8.78 Å². The Morgan fingerprint density at radius 2 is 1.88 bits per heavy atom. The van der Waals surface area contributed by atoms with E-state index >= 15 is 0 Å². The number of guanidine groups is 1. The number of amides is 1. The van der Waals surface area contributed by atoms with Gasteiger partial charge < -0.3 is 20.3 Å². The highest BCUT2D eigenvalue weighted by Gasteiger charge is 2.08. The topological polar surface area (TPSA) is 66.0 Å². The fourth-order valence-corrected chi connectivity index (χ4v) is 2.24.